The minimum absolute atomic E-state index is 0.0818. The molecule has 0 atom stereocenters. The van der Waals surface area contributed by atoms with Crippen LogP contribution in [0.25, 0.3) is 0 Å². The van der Waals surface area contributed by atoms with Crippen LogP contribution in [0, 0.1) is 6.92 Å². The quantitative estimate of drug-likeness (QED) is 0.620. The Morgan fingerprint density at radius 1 is 1.11 bits per heavy atom. The Morgan fingerprint density at radius 2 is 1.81 bits per heavy atom. The first kappa shape index (κ1) is 19.8. The summed E-state index contributed by atoms with van der Waals surface area (Å²) in [6.07, 6.45) is 0. The topological polar surface area (TPSA) is 170 Å². The summed E-state index contributed by atoms with van der Waals surface area (Å²) < 4.78 is 36.3. The zero-order valence-corrected chi connectivity index (χ0v) is 15.2. The van der Waals surface area contributed by atoms with Crippen LogP contribution in [0.5, 0.6) is 11.8 Å². The highest BCUT2D eigenvalue weighted by Gasteiger charge is 2.25. The van der Waals surface area contributed by atoms with Gasteiger partial charge in [0.2, 0.25) is 5.95 Å². The van der Waals surface area contributed by atoms with E-state index < -0.39 is 32.5 Å². The molecule has 0 radical (unpaired) electrons. The fraction of sp³-hybridized carbons (Fsp3) is 0.214. The second kappa shape index (κ2) is 7.82. The van der Waals surface area contributed by atoms with Crippen LogP contribution in [0.4, 0.5) is 10.7 Å². The van der Waals surface area contributed by atoms with Gasteiger partial charge in [-0.3, -0.25) is 5.32 Å². The number of rotatable bonds is 6. The predicted octanol–water partition coefficient (Wildman–Crippen LogP) is 0.406. The number of methoxy groups -OCH3 is 2. The van der Waals surface area contributed by atoms with Crippen LogP contribution in [-0.2, 0) is 10.0 Å². The van der Waals surface area contributed by atoms with E-state index in [1.165, 1.54) is 27.2 Å². The van der Waals surface area contributed by atoms with Crippen LogP contribution in [0.3, 0.4) is 0 Å². The lowest BCUT2D eigenvalue weighted by atomic mass is 10.2. The Morgan fingerprint density at radius 3 is 2.41 bits per heavy atom. The fourth-order valence-electron chi connectivity index (χ4n) is 1.94. The standard InChI is InChI=1S/C14H15N5O7S/c1-7-15-12(18-14(16-7)26-3)17-13(22)19-27(23,24)10-6-8(25-2)4-5-9(10)11(20)21/h4-6H,1-3H3,(H,20,21)(H2,15,16,17,18,19,22). The van der Waals surface area contributed by atoms with Gasteiger partial charge in [0, 0.05) is 6.07 Å². The van der Waals surface area contributed by atoms with Crippen molar-refractivity contribution in [2.24, 2.45) is 0 Å². The minimum atomic E-state index is -4.54. The molecule has 0 saturated carbocycles. The van der Waals surface area contributed by atoms with Gasteiger partial charge in [-0.05, 0) is 19.1 Å². The van der Waals surface area contributed by atoms with Gasteiger partial charge < -0.3 is 14.6 Å². The van der Waals surface area contributed by atoms with Crippen molar-refractivity contribution in [2.75, 3.05) is 19.5 Å². The van der Waals surface area contributed by atoms with Gasteiger partial charge in [-0.25, -0.2) is 22.7 Å². The number of hydrogen-bond donors (Lipinski definition) is 3. The third kappa shape index (κ3) is 4.78. The van der Waals surface area contributed by atoms with Crippen molar-refractivity contribution in [2.45, 2.75) is 11.8 Å². The first-order valence-electron chi connectivity index (χ1n) is 7.18. The van der Waals surface area contributed by atoms with Crippen LogP contribution >= 0.6 is 0 Å². The monoisotopic (exact) mass is 397 g/mol. The Kier molecular flexibility index (Phi) is 5.75. The zero-order valence-electron chi connectivity index (χ0n) is 14.4. The number of nitrogens with one attached hydrogen (secondary N) is 2. The summed E-state index contributed by atoms with van der Waals surface area (Å²) >= 11 is 0. The molecule has 12 nitrogen and oxygen atoms in total. The Labute approximate surface area is 153 Å². The van der Waals surface area contributed by atoms with Crippen molar-refractivity contribution in [1.82, 2.24) is 19.7 Å². The third-order valence-corrected chi connectivity index (χ3v) is 4.44. The number of sulfonamides is 1. The number of carbonyl (C=O) groups is 2. The van der Waals surface area contributed by atoms with Crippen LogP contribution < -0.4 is 19.5 Å². The zero-order chi connectivity index (χ0) is 20.2. The number of aromatic nitrogens is 3. The van der Waals surface area contributed by atoms with E-state index in [1.54, 1.807) is 4.72 Å². The summed E-state index contributed by atoms with van der Waals surface area (Å²) in [7, 11) is -1.95. The molecule has 1 aromatic carbocycles. The number of aromatic carboxylic acids is 1. The van der Waals surface area contributed by atoms with Gasteiger partial charge in [0.15, 0.2) is 0 Å². The molecule has 2 aromatic rings. The molecule has 0 fully saturated rings. The van der Waals surface area contributed by atoms with E-state index in [2.05, 4.69) is 20.3 Å². The van der Waals surface area contributed by atoms with Gasteiger partial charge in [-0.2, -0.15) is 15.0 Å². The number of nitrogens with zero attached hydrogens (tertiary/aromatic N) is 3. The molecule has 0 saturated heterocycles. The maximum atomic E-state index is 12.4. The highest BCUT2D eigenvalue weighted by atomic mass is 32.2. The SMILES string of the molecule is COc1ccc(C(=O)O)c(S(=O)(=O)NC(=O)Nc2nc(C)nc(OC)n2)c1. The number of carbonyl (C=O) groups excluding carboxylic acids is 1. The lowest BCUT2D eigenvalue weighted by molar-refractivity contribution is 0.0692. The number of hydrogen-bond acceptors (Lipinski definition) is 9. The molecule has 0 bridgehead atoms. The van der Waals surface area contributed by atoms with Crippen molar-refractivity contribution < 1.29 is 32.6 Å². The van der Waals surface area contributed by atoms with Gasteiger partial charge in [0.25, 0.3) is 10.0 Å². The van der Waals surface area contributed by atoms with Crippen molar-refractivity contribution in [3.63, 3.8) is 0 Å². The Hall–Kier alpha value is -3.48. The smallest absolute Gasteiger partial charge is 0.337 e. The number of carboxylic acid groups (broad SMARTS) is 1. The highest BCUT2D eigenvalue weighted by molar-refractivity contribution is 7.90. The molecular formula is C14H15N5O7S. The molecule has 0 aliphatic carbocycles. The van der Waals surface area contributed by atoms with Gasteiger partial charge >= 0.3 is 18.0 Å². The summed E-state index contributed by atoms with van der Waals surface area (Å²) in [4.78, 5) is 34.0. The average Bonchev–Trinajstić information content (AvgIpc) is 2.59. The number of aryl methyl sites for hydroxylation is 1. The second-order valence-electron chi connectivity index (χ2n) is 4.92. The fourth-order valence-corrected chi connectivity index (χ4v) is 3.06. The lowest BCUT2D eigenvalue weighted by Crippen LogP contribution is -2.35. The van der Waals surface area contributed by atoms with E-state index >= 15 is 0 Å². The number of anilines is 1. The van der Waals surface area contributed by atoms with Gasteiger partial charge in [-0.15, -0.1) is 0 Å². The Balaban J connectivity index is 2.29. The molecule has 13 heteroatoms. The van der Waals surface area contributed by atoms with E-state index in [0.717, 1.165) is 12.1 Å². The Bertz CT molecular complexity index is 993. The van der Waals surface area contributed by atoms with E-state index in [9.17, 15) is 23.1 Å². The summed E-state index contributed by atoms with van der Waals surface area (Å²) in [6.45, 7) is 1.51. The van der Waals surface area contributed by atoms with Gasteiger partial charge in [0.05, 0.1) is 19.8 Å². The molecular weight excluding hydrogens is 382 g/mol. The van der Waals surface area contributed by atoms with E-state index in [1.807, 2.05) is 0 Å². The number of ether oxygens (including phenoxy) is 2. The van der Waals surface area contributed by atoms with E-state index in [4.69, 9.17) is 9.47 Å². The van der Waals surface area contributed by atoms with Crippen molar-refractivity contribution in [3.8, 4) is 11.8 Å². The number of urea groups is 1. The summed E-state index contributed by atoms with van der Waals surface area (Å²) in [5, 5.41) is 11.3. The van der Waals surface area contributed by atoms with Gasteiger partial charge in [-0.1, -0.05) is 0 Å². The molecule has 0 aliphatic heterocycles. The van der Waals surface area contributed by atoms with Crippen molar-refractivity contribution in [1.29, 1.82) is 0 Å². The molecule has 0 spiro atoms. The number of carboxylic acids is 1. The number of amides is 2. The molecule has 0 unspecified atom stereocenters. The van der Waals surface area contributed by atoms with E-state index in [0.29, 0.717) is 0 Å². The highest BCUT2D eigenvalue weighted by Crippen LogP contribution is 2.22. The number of benzene rings is 1. The predicted molar refractivity (Wildman–Crippen MR) is 90.4 cm³/mol. The largest absolute Gasteiger partial charge is 0.497 e. The maximum Gasteiger partial charge on any atom is 0.337 e. The lowest BCUT2D eigenvalue weighted by Gasteiger charge is -2.11. The minimum Gasteiger partial charge on any atom is -0.497 e. The van der Waals surface area contributed by atoms with Crippen LogP contribution in [0.2, 0.25) is 0 Å². The molecule has 2 rings (SSSR count). The average molecular weight is 397 g/mol. The van der Waals surface area contributed by atoms with Gasteiger partial charge in [0.1, 0.15) is 16.5 Å². The van der Waals surface area contributed by atoms with Crippen LogP contribution in [0.1, 0.15) is 16.2 Å². The molecule has 1 heterocycles. The van der Waals surface area contributed by atoms with Crippen LogP contribution in [-0.4, -0.2) is 54.7 Å². The molecule has 27 heavy (non-hydrogen) atoms. The molecule has 144 valence electrons. The molecule has 3 N–H and O–H groups in total. The maximum absolute atomic E-state index is 12.4. The summed E-state index contributed by atoms with van der Waals surface area (Å²) in [5.74, 6) is -1.42. The molecule has 0 aliphatic rings. The third-order valence-electron chi connectivity index (χ3n) is 3.07. The summed E-state index contributed by atoms with van der Waals surface area (Å²) in [6, 6.07) is 2.02. The first-order chi connectivity index (χ1) is 12.7. The normalized spacial score (nSPS) is 10.8. The molecule has 1 aromatic heterocycles. The van der Waals surface area contributed by atoms with E-state index in [-0.39, 0.29) is 23.5 Å². The summed E-state index contributed by atoms with van der Waals surface area (Å²) in [5.41, 5.74) is -0.534. The second-order valence-corrected chi connectivity index (χ2v) is 6.57. The van der Waals surface area contributed by atoms with Crippen LogP contribution in [0.15, 0.2) is 23.1 Å². The van der Waals surface area contributed by atoms with Crippen molar-refractivity contribution in [3.05, 3.63) is 29.6 Å². The molecule has 2 amide bonds. The first-order valence-corrected chi connectivity index (χ1v) is 8.66. The van der Waals surface area contributed by atoms with Crippen molar-refractivity contribution >= 4 is 28.0 Å².